The van der Waals surface area contributed by atoms with Gasteiger partial charge in [-0.15, -0.1) is 0 Å². The Labute approximate surface area is 158 Å². The lowest BCUT2D eigenvalue weighted by atomic mass is 10.0. The van der Waals surface area contributed by atoms with Crippen molar-refractivity contribution in [3.05, 3.63) is 103 Å². The number of nitrogen functional groups attached to an aromatic ring is 1. The second-order valence-corrected chi connectivity index (χ2v) is 6.16. The Morgan fingerprint density at radius 3 is 2.19 bits per heavy atom. The van der Waals surface area contributed by atoms with Gasteiger partial charge in [0.15, 0.2) is 0 Å². The van der Waals surface area contributed by atoms with Gasteiger partial charge in [-0.1, -0.05) is 60.7 Å². The van der Waals surface area contributed by atoms with Crippen LogP contribution in [0.4, 0.5) is 5.69 Å². The molecule has 27 heavy (non-hydrogen) atoms. The molecule has 0 saturated heterocycles. The smallest absolute Gasteiger partial charge is 0.0780 e. The van der Waals surface area contributed by atoms with Crippen LogP contribution in [0, 0.1) is 0 Å². The summed E-state index contributed by atoms with van der Waals surface area (Å²) in [5, 5.41) is 3.46. The maximum Gasteiger partial charge on any atom is 0.0780 e. The Kier molecular flexibility index (Phi) is 4.75. The van der Waals surface area contributed by atoms with E-state index < -0.39 is 0 Å². The highest BCUT2D eigenvalue weighted by Crippen LogP contribution is 2.25. The number of nitrogens with zero attached hydrogens (tertiary/aromatic N) is 2. The van der Waals surface area contributed by atoms with Gasteiger partial charge in [0.05, 0.1) is 11.2 Å². The lowest BCUT2D eigenvalue weighted by molar-refractivity contribution is 1.36. The molecule has 3 aromatic carbocycles. The van der Waals surface area contributed by atoms with Gasteiger partial charge in [-0.25, -0.2) is 0 Å². The Bertz CT molecular complexity index is 1170. The molecule has 2 aromatic heterocycles. The van der Waals surface area contributed by atoms with Crippen LogP contribution in [0.3, 0.4) is 0 Å². The number of fused-ring (bicyclic) bond motifs is 2. The predicted octanol–water partition coefficient (Wildman–Crippen LogP) is 5.72. The molecule has 0 spiro atoms. The Morgan fingerprint density at radius 1 is 0.556 bits per heavy atom. The molecule has 5 aromatic rings. The molecule has 2 heterocycles. The molecule has 5 rings (SSSR count). The molecule has 0 bridgehead atoms. The van der Waals surface area contributed by atoms with Crippen LogP contribution < -0.4 is 5.73 Å². The number of rotatable bonds is 1. The van der Waals surface area contributed by atoms with E-state index in [2.05, 4.69) is 46.4 Å². The molecule has 0 saturated carbocycles. The summed E-state index contributed by atoms with van der Waals surface area (Å²) in [5.41, 5.74) is 9.68. The van der Waals surface area contributed by atoms with Gasteiger partial charge >= 0.3 is 0 Å². The predicted molar refractivity (Wildman–Crippen MR) is 113 cm³/mol. The van der Waals surface area contributed by atoms with Crippen molar-refractivity contribution in [1.82, 2.24) is 9.97 Å². The summed E-state index contributed by atoms with van der Waals surface area (Å²) in [6.07, 6.45) is 3.63. The van der Waals surface area contributed by atoms with Gasteiger partial charge in [0.25, 0.3) is 0 Å². The molecule has 0 fully saturated rings. The van der Waals surface area contributed by atoms with Gasteiger partial charge in [0.1, 0.15) is 0 Å². The fourth-order valence-corrected chi connectivity index (χ4v) is 3.07. The normalized spacial score (nSPS) is 10.4. The first kappa shape index (κ1) is 16.7. The number of benzene rings is 3. The lowest BCUT2D eigenvalue weighted by Crippen LogP contribution is -1.86. The zero-order valence-corrected chi connectivity index (χ0v) is 14.8. The Morgan fingerprint density at radius 2 is 1.33 bits per heavy atom. The molecule has 0 unspecified atom stereocenters. The highest BCUT2D eigenvalue weighted by Gasteiger charge is 2.03. The quantitative estimate of drug-likeness (QED) is 0.394. The fourth-order valence-electron chi connectivity index (χ4n) is 3.07. The van der Waals surface area contributed by atoms with Crippen molar-refractivity contribution in [2.24, 2.45) is 0 Å². The van der Waals surface area contributed by atoms with E-state index in [1.165, 1.54) is 16.3 Å². The van der Waals surface area contributed by atoms with Crippen molar-refractivity contribution in [3.8, 4) is 11.3 Å². The fraction of sp³-hybridized carbons (Fsp3) is 0. The van der Waals surface area contributed by atoms with E-state index in [4.69, 9.17) is 5.73 Å². The third kappa shape index (κ3) is 3.62. The number of pyridine rings is 2. The third-order valence-electron chi connectivity index (χ3n) is 4.40. The number of anilines is 1. The maximum absolute atomic E-state index is 5.72. The average molecular weight is 349 g/mol. The van der Waals surface area contributed by atoms with E-state index >= 15 is 0 Å². The van der Waals surface area contributed by atoms with Gasteiger partial charge in [-0.2, -0.15) is 0 Å². The minimum Gasteiger partial charge on any atom is -0.398 e. The van der Waals surface area contributed by atoms with Crippen LogP contribution in [-0.4, -0.2) is 9.97 Å². The van der Waals surface area contributed by atoms with Crippen LogP contribution in [0.2, 0.25) is 0 Å². The molecular weight excluding hydrogens is 330 g/mol. The molecule has 0 aliphatic heterocycles. The zero-order valence-electron chi connectivity index (χ0n) is 14.8. The van der Waals surface area contributed by atoms with Crippen molar-refractivity contribution in [2.75, 3.05) is 5.73 Å². The summed E-state index contributed by atoms with van der Waals surface area (Å²) >= 11 is 0. The summed E-state index contributed by atoms with van der Waals surface area (Å²) in [6.45, 7) is 0. The average Bonchev–Trinajstić information content (AvgIpc) is 2.75. The number of hydrogen-bond donors (Lipinski definition) is 1. The molecular formula is C24H19N3. The van der Waals surface area contributed by atoms with Crippen LogP contribution >= 0.6 is 0 Å². The van der Waals surface area contributed by atoms with Gasteiger partial charge in [0.2, 0.25) is 0 Å². The minimum absolute atomic E-state index is 0.788. The molecule has 3 heteroatoms. The Balaban J connectivity index is 0.000000143. The molecule has 130 valence electrons. The second kappa shape index (κ2) is 7.67. The first-order valence-electron chi connectivity index (χ1n) is 8.81. The summed E-state index contributed by atoms with van der Waals surface area (Å²) in [4.78, 5) is 8.64. The van der Waals surface area contributed by atoms with Gasteiger partial charge in [-0.05, 0) is 35.7 Å². The van der Waals surface area contributed by atoms with E-state index in [1.54, 1.807) is 6.20 Å². The number of hydrogen-bond acceptors (Lipinski definition) is 3. The molecule has 3 nitrogen and oxygen atoms in total. The van der Waals surface area contributed by atoms with Crippen molar-refractivity contribution >= 4 is 27.4 Å². The number of aromatic nitrogens is 2. The maximum atomic E-state index is 5.72. The molecule has 0 aliphatic carbocycles. The molecule has 0 radical (unpaired) electrons. The van der Waals surface area contributed by atoms with Crippen molar-refractivity contribution in [3.63, 3.8) is 0 Å². The van der Waals surface area contributed by atoms with E-state index in [9.17, 15) is 0 Å². The molecule has 0 aliphatic rings. The van der Waals surface area contributed by atoms with Crippen LogP contribution in [-0.2, 0) is 0 Å². The Hall–Kier alpha value is -3.72. The third-order valence-corrected chi connectivity index (χ3v) is 4.40. The van der Waals surface area contributed by atoms with Crippen molar-refractivity contribution < 1.29 is 0 Å². The van der Waals surface area contributed by atoms with Crippen LogP contribution in [0.1, 0.15) is 0 Å². The first-order valence-corrected chi connectivity index (χ1v) is 8.81. The highest BCUT2D eigenvalue weighted by atomic mass is 14.7. The van der Waals surface area contributed by atoms with Crippen LogP contribution in [0.15, 0.2) is 103 Å². The van der Waals surface area contributed by atoms with E-state index in [-0.39, 0.29) is 0 Å². The summed E-state index contributed by atoms with van der Waals surface area (Å²) in [5.74, 6) is 0. The first-order chi connectivity index (χ1) is 13.3. The minimum atomic E-state index is 0.788. The molecule has 0 amide bonds. The van der Waals surface area contributed by atoms with Gasteiger partial charge in [-0.3, -0.25) is 9.97 Å². The SMILES string of the molecule is Nc1cccc2ncccc12.c1ccc(-c2nccc3ccccc23)cc1. The highest BCUT2D eigenvalue weighted by molar-refractivity contribution is 5.94. The summed E-state index contributed by atoms with van der Waals surface area (Å²) in [6, 6.07) is 30.3. The van der Waals surface area contributed by atoms with Crippen molar-refractivity contribution in [2.45, 2.75) is 0 Å². The van der Waals surface area contributed by atoms with Gasteiger partial charge in [0, 0.05) is 34.4 Å². The van der Waals surface area contributed by atoms with Crippen LogP contribution in [0.25, 0.3) is 32.9 Å². The molecule has 2 N–H and O–H groups in total. The van der Waals surface area contributed by atoms with Crippen LogP contribution in [0.5, 0.6) is 0 Å². The number of nitrogens with two attached hydrogens (primary N) is 1. The van der Waals surface area contributed by atoms with E-state index in [0.29, 0.717) is 0 Å². The summed E-state index contributed by atoms with van der Waals surface area (Å²) in [7, 11) is 0. The monoisotopic (exact) mass is 349 g/mol. The zero-order chi connectivity index (χ0) is 18.5. The van der Waals surface area contributed by atoms with Crippen molar-refractivity contribution in [1.29, 1.82) is 0 Å². The summed E-state index contributed by atoms with van der Waals surface area (Å²) < 4.78 is 0. The second-order valence-electron chi connectivity index (χ2n) is 6.16. The van der Waals surface area contributed by atoms with Gasteiger partial charge < -0.3 is 5.73 Å². The standard InChI is InChI=1S/C15H11N.C9H8N2/c1-2-7-13(8-3-1)15-14-9-5-4-6-12(14)10-11-16-15;10-8-4-1-5-9-7(8)3-2-6-11-9/h1-11H;1-6H,10H2. The topological polar surface area (TPSA) is 51.8 Å². The molecule has 0 atom stereocenters. The van der Waals surface area contributed by atoms with E-state index in [0.717, 1.165) is 22.3 Å². The largest absolute Gasteiger partial charge is 0.398 e. The van der Waals surface area contributed by atoms with E-state index in [1.807, 2.05) is 60.8 Å². The lowest BCUT2D eigenvalue weighted by Gasteiger charge is -2.04.